The van der Waals surface area contributed by atoms with Crippen LogP contribution in [-0.4, -0.2) is 19.8 Å². The van der Waals surface area contributed by atoms with Crippen molar-refractivity contribution >= 4 is 11.6 Å². The maximum Gasteiger partial charge on any atom is 0.138 e. The standard InChI is InChI=1S/C19H23ClO3/c1-3-21-16-7-9-17(10-8-16)22-12-4-5-13-23-19-14-15(2)6-11-18(19)20/h6-11,14H,3-5,12-13H2,1-2H3. The predicted molar refractivity (Wildman–Crippen MR) is 94.0 cm³/mol. The van der Waals surface area contributed by atoms with Crippen LogP contribution in [-0.2, 0) is 0 Å². The van der Waals surface area contributed by atoms with Gasteiger partial charge in [0.1, 0.15) is 17.2 Å². The summed E-state index contributed by atoms with van der Waals surface area (Å²) in [5.74, 6) is 2.47. The number of unbranched alkanes of at least 4 members (excludes halogenated alkanes) is 1. The zero-order chi connectivity index (χ0) is 16.5. The van der Waals surface area contributed by atoms with Gasteiger partial charge in [-0.1, -0.05) is 17.7 Å². The second-order valence-electron chi connectivity index (χ2n) is 5.24. The van der Waals surface area contributed by atoms with E-state index >= 15 is 0 Å². The summed E-state index contributed by atoms with van der Waals surface area (Å²) in [5, 5.41) is 0.654. The normalized spacial score (nSPS) is 10.4. The number of hydrogen-bond acceptors (Lipinski definition) is 3. The van der Waals surface area contributed by atoms with Gasteiger partial charge in [-0.25, -0.2) is 0 Å². The van der Waals surface area contributed by atoms with E-state index in [1.165, 1.54) is 0 Å². The molecule has 0 radical (unpaired) electrons. The van der Waals surface area contributed by atoms with Gasteiger partial charge >= 0.3 is 0 Å². The molecular formula is C19H23ClO3. The molecule has 0 fully saturated rings. The van der Waals surface area contributed by atoms with Crippen molar-refractivity contribution in [2.45, 2.75) is 26.7 Å². The quantitative estimate of drug-likeness (QED) is 0.583. The average molecular weight is 335 g/mol. The molecule has 0 saturated heterocycles. The summed E-state index contributed by atoms with van der Waals surface area (Å²) in [4.78, 5) is 0. The molecule has 2 rings (SSSR count). The van der Waals surface area contributed by atoms with E-state index in [0.29, 0.717) is 24.8 Å². The van der Waals surface area contributed by atoms with Crippen molar-refractivity contribution in [3.05, 3.63) is 53.1 Å². The lowest BCUT2D eigenvalue weighted by atomic mass is 10.2. The molecule has 0 aliphatic rings. The van der Waals surface area contributed by atoms with E-state index in [0.717, 1.165) is 35.7 Å². The molecule has 0 bridgehead atoms. The number of benzene rings is 2. The van der Waals surface area contributed by atoms with Gasteiger partial charge in [-0.2, -0.15) is 0 Å². The summed E-state index contributed by atoms with van der Waals surface area (Å²) in [7, 11) is 0. The van der Waals surface area contributed by atoms with Gasteiger partial charge in [-0.05, 0) is 68.7 Å². The van der Waals surface area contributed by atoms with Crippen molar-refractivity contribution in [1.29, 1.82) is 0 Å². The lowest BCUT2D eigenvalue weighted by Crippen LogP contribution is -2.03. The smallest absolute Gasteiger partial charge is 0.138 e. The number of hydrogen-bond donors (Lipinski definition) is 0. The van der Waals surface area contributed by atoms with Gasteiger partial charge in [0.15, 0.2) is 0 Å². The maximum absolute atomic E-state index is 6.09. The van der Waals surface area contributed by atoms with Crippen molar-refractivity contribution < 1.29 is 14.2 Å². The van der Waals surface area contributed by atoms with Crippen LogP contribution in [0.15, 0.2) is 42.5 Å². The summed E-state index contributed by atoms with van der Waals surface area (Å²) < 4.78 is 16.8. The molecule has 0 N–H and O–H groups in total. The van der Waals surface area contributed by atoms with Gasteiger partial charge in [0.2, 0.25) is 0 Å². The predicted octanol–water partition coefficient (Wildman–Crippen LogP) is 5.29. The van der Waals surface area contributed by atoms with E-state index in [1.807, 2.05) is 56.3 Å². The largest absolute Gasteiger partial charge is 0.494 e. The number of ether oxygens (including phenoxy) is 3. The van der Waals surface area contributed by atoms with Crippen LogP contribution >= 0.6 is 11.6 Å². The van der Waals surface area contributed by atoms with Gasteiger partial charge in [-0.3, -0.25) is 0 Å². The minimum atomic E-state index is 0.635. The molecule has 0 unspecified atom stereocenters. The van der Waals surface area contributed by atoms with Gasteiger partial charge in [0.25, 0.3) is 0 Å². The highest BCUT2D eigenvalue weighted by Crippen LogP contribution is 2.25. The second-order valence-corrected chi connectivity index (χ2v) is 5.65. The van der Waals surface area contributed by atoms with Crippen LogP contribution in [0.4, 0.5) is 0 Å². The van der Waals surface area contributed by atoms with Crippen LogP contribution in [0.1, 0.15) is 25.3 Å². The molecule has 2 aromatic rings. The van der Waals surface area contributed by atoms with E-state index in [1.54, 1.807) is 0 Å². The molecule has 0 heterocycles. The van der Waals surface area contributed by atoms with Gasteiger partial charge in [-0.15, -0.1) is 0 Å². The summed E-state index contributed by atoms with van der Waals surface area (Å²) >= 11 is 6.09. The Kier molecular flexibility index (Phi) is 7.08. The van der Waals surface area contributed by atoms with Crippen LogP contribution in [0.25, 0.3) is 0 Å². The second kappa shape index (κ2) is 9.31. The molecule has 0 spiro atoms. The molecule has 2 aromatic carbocycles. The van der Waals surface area contributed by atoms with Crippen molar-refractivity contribution in [1.82, 2.24) is 0 Å². The van der Waals surface area contributed by atoms with Crippen LogP contribution in [0, 0.1) is 6.92 Å². The molecule has 4 heteroatoms. The van der Waals surface area contributed by atoms with Crippen LogP contribution in [0.2, 0.25) is 5.02 Å². The minimum absolute atomic E-state index is 0.635. The molecule has 0 aromatic heterocycles. The Morgan fingerprint density at radius 3 is 2.09 bits per heavy atom. The Bertz CT molecular complexity index is 596. The number of aryl methyl sites for hydroxylation is 1. The molecule has 0 aliphatic carbocycles. The lowest BCUT2D eigenvalue weighted by molar-refractivity contribution is 0.266. The van der Waals surface area contributed by atoms with E-state index in [4.69, 9.17) is 25.8 Å². The highest BCUT2D eigenvalue weighted by molar-refractivity contribution is 6.32. The molecule has 3 nitrogen and oxygen atoms in total. The first-order chi connectivity index (χ1) is 11.2. The molecular weight excluding hydrogens is 312 g/mol. The first-order valence-corrected chi connectivity index (χ1v) is 8.31. The van der Waals surface area contributed by atoms with Crippen molar-refractivity contribution in [3.63, 3.8) is 0 Å². The summed E-state index contributed by atoms with van der Waals surface area (Å²) in [5.41, 5.74) is 1.14. The van der Waals surface area contributed by atoms with Crippen LogP contribution in [0.5, 0.6) is 17.2 Å². The third-order valence-electron chi connectivity index (χ3n) is 3.29. The van der Waals surface area contributed by atoms with E-state index < -0.39 is 0 Å². The first-order valence-electron chi connectivity index (χ1n) is 7.93. The fraction of sp³-hybridized carbons (Fsp3) is 0.368. The third kappa shape index (κ3) is 6.03. The molecule has 124 valence electrons. The van der Waals surface area contributed by atoms with Gasteiger partial charge in [0.05, 0.1) is 24.8 Å². The van der Waals surface area contributed by atoms with Crippen LogP contribution in [0.3, 0.4) is 0 Å². The zero-order valence-corrected chi connectivity index (χ0v) is 14.4. The van der Waals surface area contributed by atoms with E-state index in [-0.39, 0.29) is 0 Å². The van der Waals surface area contributed by atoms with Crippen LogP contribution < -0.4 is 14.2 Å². The average Bonchev–Trinajstić information content (AvgIpc) is 2.55. The fourth-order valence-electron chi connectivity index (χ4n) is 2.10. The third-order valence-corrected chi connectivity index (χ3v) is 3.60. The summed E-state index contributed by atoms with van der Waals surface area (Å²) in [6, 6.07) is 13.5. The van der Waals surface area contributed by atoms with Gasteiger partial charge in [0, 0.05) is 0 Å². The minimum Gasteiger partial charge on any atom is -0.494 e. The topological polar surface area (TPSA) is 27.7 Å². The maximum atomic E-state index is 6.09. The highest BCUT2D eigenvalue weighted by atomic mass is 35.5. The fourth-order valence-corrected chi connectivity index (χ4v) is 2.27. The first kappa shape index (κ1) is 17.5. The Balaban J connectivity index is 1.63. The molecule has 0 aliphatic heterocycles. The number of halogens is 1. The van der Waals surface area contributed by atoms with Crippen molar-refractivity contribution in [2.75, 3.05) is 19.8 Å². The SMILES string of the molecule is CCOc1ccc(OCCCCOc2cc(C)ccc2Cl)cc1. The Morgan fingerprint density at radius 2 is 1.43 bits per heavy atom. The van der Waals surface area contributed by atoms with E-state index in [9.17, 15) is 0 Å². The monoisotopic (exact) mass is 334 g/mol. The van der Waals surface area contributed by atoms with Crippen molar-refractivity contribution in [2.24, 2.45) is 0 Å². The molecule has 0 atom stereocenters. The zero-order valence-electron chi connectivity index (χ0n) is 13.7. The Morgan fingerprint density at radius 1 is 0.826 bits per heavy atom. The van der Waals surface area contributed by atoms with Gasteiger partial charge < -0.3 is 14.2 Å². The molecule has 23 heavy (non-hydrogen) atoms. The summed E-state index contributed by atoms with van der Waals surface area (Å²) in [6.07, 6.45) is 1.85. The lowest BCUT2D eigenvalue weighted by Gasteiger charge is -2.10. The highest BCUT2D eigenvalue weighted by Gasteiger charge is 2.01. The number of rotatable bonds is 9. The van der Waals surface area contributed by atoms with Crippen molar-refractivity contribution in [3.8, 4) is 17.2 Å². The molecule has 0 saturated carbocycles. The van der Waals surface area contributed by atoms with E-state index in [2.05, 4.69) is 0 Å². The molecule has 0 amide bonds. The Labute approximate surface area is 143 Å². The Hall–Kier alpha value is -1.87. The summed E-state index contributed by atoms with van der Waals surface area (Å²) in [6.45, 7) is 5.96.